The maximum absolute atomic E-state index is 11.8. The summed E-state index contributed by atoms with van der Waals surface area (Å²) in [6.07, 6.45) is 5.98. The first-order chi connectivity index (χ1) is 16.9. The standard InChI is InChI=1S/C26H27BrN6O2/c1-15(34)26(35)31-19-10-7-17(8-11-19)23-22(27)24(28)33-25(32-23)20(14-30-33)18-9-12-21(29-13-18)16-5-3-2-4-6-16/h2-6,9,12-15,17,19,34H,7-8,10-11,28H2,1H3,(H,31,35)/t15-,17?,19?/m1/s1. The lowest BCUT2D eigenvalue weighted by molar-refractivity contribution is -0.129. The van der Waals surface area contributed by atoms with E-state index in [1.54, 1.807) is 10.7 Å². The van der Waals surface area contributed by atoms with Crippen molar-refractivity contribution >= 4 is 33.3 Å². The Morgan fingerprint density at radius 3 is 2.51 bits per heavy atom. The zero-order valence-electron chi connectivity index (χ0n) is 19.4. The zero-order chi connectivity index (χ0) is 24.5. The maximum atomic E-state index is 11.8. The van der Waals surface area contributed by atoms with Gasteiger partial charge in [-0.25, -0.2) is 4.98 Å². The van der Waals surface area contributed by atoms with Crippen LogP contribution < -0.4 is 11.1 Å². The summed E-state index contributed by atoms with van der Waals surface area (Å²) < 4.78 is 2.41. The van der Waals surface area contributed by atoms with Gasteiger partial charge in [-0.1, -0.05) is 36.4 Å². The molecule has 0 spiro atoms. The molecule has 4 N–H and O–H groups in total. The van der Waals surface area contributed by atoms with Crippen LogP contribution in [0.2, 0.25) is 0 Å². The summed E-state index contributed by atoms with van der Waals surface area (Å²) in [7, 11) is 0. The first-order valence-electron chi connectivity index (χ1n) is 11.7. The van der Waals surface area contributed by atoms with E-state index >= 15 is 0 Å². The number of rotatable bonds is 5. The number of benzene rings is 1. The summed E-state index contributed by atoms with van der Waals surface area (Å²) >= 11 is 3.65. The van der Waals surface area contributed by atoms with E-state index in [-0.39, 0.29) is 17.9 Å². The number of nitrogens with one attached hydrogen (secondary N) is 1. The molecule has 1 fully saturated rings. The Hall–Kier alpha value is -3.30. The normalized spacial score (nSPS) is 18.9. The first-order valence-corrected chi connectivity index (χ1v) is 12.5. The number of aliphatic hydroxyl groups is 1. The second-order valence-electron chi connectivity index (χ2n) is 9.02. The van der Waals surface area contributed by atoms with Crippen molar-refractivity contribution in [1.29, 1.82) is 0 Å². The van der Waals surface area contributed by atoms with Gasteiger partial charge >= 0.3 is 0 Å². The Kier molecular flexibility index (Phi) is 6.53. The van der Waals surface area contributed by atoms with E-state index in [1.807, 2.05) is 48.7 Å². The number of nitrogens with zero attached hydrogens (tertiary/aromatic N) is 4. The van der Waals surface area contributed by atoms with Crippen molar-refractivity contribution in [2.75, 3.05) is 5.73 Å². The number of amides is 1. The van der Waals surface area contributed by atoms with E-state index < -0.39 is 6.10 Å². The molecule has 4 aromatic rings. The molecule has 1 aliphatic rings. The highest BCUT2D eigenvalue weighted by Gasteiger charge is 2.28. The Morgan fingerprint density at radius 2 is 1.86 bits per heavy atom. The molecule has 0 unspecified atom stereocenters. The van der Waals surface area contributed by atoms with Crippen molar-refractivity contribution < 1.29 is 9.90 Å². The minimum Gasteiger partial charge on any atom is -0.384 e. The van der Waals surface area contributed by atoms with Crippen molar-refractivity contribution in [1.82, 2.24) is 24.9 Å². The van der Waals surface area contributed by atoms with Gasteiger partial charge in [0.2, 0.25) is 5.91 Å². The summed E-state index contributed by atoms with van der Waals surface area (Å²) in [6.45, 7) is 1.48. The van der Waals surface area contributed by atoms with E-state index in [4.69, 9.17) is 10.7 Å². The van der Waals surface area contributed by atoms with Gasteiger partial charge < -0.3 is 16.2 Å². The number of carbonyl (C=O) groups is 1. The van der Waals surface area contributed by atoms with Crippen molar-refractivity contribution in [3.63, 3.8) is 0 Å². The van der Waals surface area contributed by atoms with Crippen molar-refractivity contribution in [2.45, 2.75) is 50.7 Å². The summed E-state index contributed by atoms with van der Waals surface area (Å²) in [5.74, 6) is 0.390. The third kappa shape index (κ3) is 4.66. The fraction of sp³-hybridized carbons (Fsp3) is 0.308. The molecule has 180 valence electrons. The fourth-order valence-corrected chi connectivity index (χ4v) is 5.23. The SMILES string of the molecule is C[C@@H](O)C(=O)NC1CCC(c2nc3c(-c4ccc(-c5ccccc5)nc4)cnn3c(N)c2Br)CC1. The van der Waals surface area contributed by atoms with Gasteiger partial charge in [0.1, 0.15) is 11.9 Å². The van der Waals surface area contributed by atoms with E-state index in [0.29, 0.717) is 11.5 Å². The van der Waals surface area contributed by atoms with E-state index in [0.717, 1.165) is 58.2 Å². The minimum atomic E-state index is -0.998. The van der Waals surface area contributed by atoms with Gasteiger partial charge in [0.25, 0.3) is 0 Å². The fourth-order valence-electron chi connectivity index (χ4n) is 4.65. The Balaban J connectivity index is 1.42. The monoisotopic (exact) mass is 534 g/mol. The number of hydrogen-bond acceptors (Lipinski definition) is 6. The number of hydrogen-bond donors (Lipinski definition) is 3. The second kappa shape index (κ2) is 9.75. The average molecular weight is 535 g/mol. The van der Waals surface area contributed by atoms with Crippen LogP contribution in [0.15, 0.2) is 59.3 Å². The first kappa shape index (κ1) is 23.4. The lowest BCUT2D eigenvalue weighted by atomic mass is 9.84. The van der Waals surface area contributed by atoms with E-state index in [2.05, 4.69) is 31.3 Å². The highest BCUT2D eigenvalue weighted by Crippen LogP contribution is 2.39. The topological polar surface area (TPSA) is 118 Å². The van der Waals surface area contributed by atoms with Gasteiger partial charge in [-0.2, -0.15) is 9.61 Å². The number of anilines is 1. The number of aromatic nitrogens is 4. The molecule has 1 amide bonds. The van der Waals surface area contributed by atoms with Crippen molar-refractivity contribution in [2.24, 2.45) is 0 Å². The van der Waals surface area contributed by atoms with Gasteiger partial charge in [0.15, 0.2) is 5.65 Å². The number of aliphatic hydroxyl groups excluding tert-OH is 1. The average Bonchev–Trinajstić information content (AvgIpc) is 3.31. The van der Waals surface area contributed by atoms with Crippen LogP contribution in [0.1, 0.15) is 44.2 Å². The lowest BCUT2D eigenvalue weighted by Crippen LogP contribution is -2.42. The molecule has 9 heteroatoms. The van der Waals surface area contributed by atoms with E-state index in [1.165, 1.54) is 6.92 Å². The Bertz CT molecular complexity index is 1350. The van der Waals surface area contributed by atoms with E-state index in [9.17, 15) is 9.90 Å². The molecule has 1 saturated carbocycles. The molecule has 8 nitrogen and oxygen atoms in total. The van der Waals surface area contributed by atoms with Crippen LogP contribution >= 0.6 is 15.9 Å². The Labute approximate surface area is 211 Å². The number of fused-ring (bicyclic) bond motifs is 1. The molecule has 3 aromatic heterocycles. The molecule has 1 atom stereocenters. The van der Waals surface area contributed by atoms with Gasteiger partial charge in [0, 0.05) is 34.8 Å². The van der Waals surface area contributed by atoms with Gasteiger partial charge in [-0.3, -0.25) is 9.78 Å². The molecular formula is C26H27BrN6O2. The molecular weight excluding hydrogens is 508 g/mol. The highest BCUT2D eigenvalue weighted by molar-refractivity contribution is 9.10. The minimum absolute atomic E-state index is 0.0629. The van der Waals surface area contributed by atoms with Crippen LogP contribution in [-0.4, -0.2) is 42.7 Å². The summed E-state index contributed by atoms with van der Waals surface area (Å²) in [5.41, 5.74) is 11.8. The van der Waals surface area contributed by atoms with Gasteiger partial charge in [-0.05, 0) is 54.6 Å². The number of halogens is 1. The van der Waals surface area contributed by atoms with Gasteiger partial charge in [-0.15, -0.1) is 0 Å². The second-order valence-corrected chi connectivity index (χ2v) is 9.81. The summed E-state index contributed by atoms with van der Waals surface area (Å²) in [5, 5.41) is 16.9. The predicted octanol–water partition coefficient (Wildman–Crippen LogP) is 4.33. The van der Waals surface area contributed by atoms with Crippen molar-refractivity contribution in [3.8, 4) is 22.4 Å². The smallest absolute Gasteiger partial charge is 0.248 e. The molecule has 0 aliphatic heterocycles. The Morgan fingerprint density at radius 1 is 1.11 bits per heavy atom. The molecule has 0 radical (unpaired) electrons. The number of nitrogens with two attached hydrogens (primary N) is 1. The molecule has 0 saturated heterocycles. The van der Waals surface area contributed by atoms with Crippen LogP contribution in [0.3, 0.4) is 0 Å². The predicted molar refractivity (Wildman–Crippen MR) is 139 cm³/mol. The molecule has 3 heterocycles. The molecule has 0 bridgehead atoms. The van der Waals surface area contributed by atoms with Crippen LogP contribution in [0.4, 0.5) is 5.82 Å². The summed E-state index contributed by atoms with van der Waals surface area (Å²) in [6, 6.07) is 14.1. The summed E-state index contributed by atoms with van der Waals surface area (Å²) in [4.78, 5) is 21.5. The molecule has 35 heavy (non-hydrogen) atoms. The lowest BCUT2D eigenvalue weighted by Gasteiger charge is -2.29. The van der Waals surface area contributed by atoms with Crippen LogP contribution in [0.5, 0.6) is 0 Å². The third-order valence-electron chi connectivity index (χ3n) is 6.63. The number of nitrogen functional groups attached to an aromatic ring is 1. The molecule has 1 aromatic carbocycles. The van der Waals surface area contributed by atoms with Crippen LogP contribution in [0.25, 0.3) is 28.0 Å². The molecule has 5 rings (SSSR count). The largest absolute Gasteiger partial charge is 0.384 e. The van der Waals surface area contributed by atoms with Gasteiger partial charge in [0.05, 0.1) is 22.1 Å². The number of pyridine rings is 1. The molecule has 1 aliphatic carbocycles. The number of carbonyl (C=O) groups excluding carboxylic acids is 1. The van der Waals surface area contributed by atoms with Crippen molar-refractivity contribution in [3.05, 3.63) is 65.0 Å². The van der Waals surface area contributed by atoms with Crippen LogP contribution in [0, 0.1) is 0 Å². The quantitative estimate of drug-likeness (QED) is 0.350. The highest BCUT2D eigenvalue weighted by atomic mass is 79.9. The third-order valence-corrected chi connectivity index (χ3v) is 7.44. The zero-order valence-corrected chi connectivity index (χ0v) is 20.9. The van der Waals surface area contributed by atoms with Crippen LogP contribution in [-0.2, 0) is 4.79 Å². The maximum Gasteiger partial charge on any atom is 0.248 e.